The molecule has 4 amide bonds. The molecule has 12 nitrogen and oxygen atoms in total. The first-order chi connectivity index (χ1) is 11.0. The van der Waals surface area contributed by atoms with Crippen molar-refractivity contribution < 1.29 is 34.2 Å². The summed E-state index contributed by atoms with van der Waals surface area (Å²) in [7, 11) is 0. The Labute approximate surface area is 136 Å². The summed E-state index contributed by atoms with van der Waals surface area (Å²) in [5.41, 5.74) is 10.3. The van der Waals surface area contributed by atoms with Gasteiger partial charge < -0.3 is 37.6 Å². The van der Waals surface area contributed by atoms with E-state index < -0.39 is 67.3 Å². The zero-order valence-electron chi connectivity index (χ0n) is 12.9. The molecule has 0 spiro atoms. The summed E-state index contributed by atoms with van der Waals surface area (Å²) in [4.78, 5) is 55.9. The average Bonchev–Trinajstić information content (AvgIpc) is 2.46. The largest absolute Gasteiger partial charge is 0.480 e. The van der Waals surface area contributed by atoms with E-state index in [1.54, 1.807) is 0 Å². The van der Waals surface area contributed by atoms with Gasteiger partial charge in [0.25, 0.3) is 0 Å². The van der Waals surface area contributed by atoms with Crippen LogP contribution < -0.4 is 27.4 Å². The van der Waals surface area contributed by atoms with Crippen LogP contribution in [0, 0.1) is 0 Å². The number of carbonyl (C=O) groups excluding carboxylic acids is 4. The maximum atomic E-state index is 11.9. The summed E-state index contributed by atoms with van der Waals surface area (Å²) >= 11 is 0. The van der Waals surface area contributed by atoms with Crippen molar-refractivity contribution in [3.05, 3.63) is 0 Å². The molecule has 0 aliphatic rings. The number of aliphatic hydroxyl groups excluding tert-OH is 1. The number of hydrogen-bond donors (Lipinski definition) is 7. The molecule has 136 valence electrons. The minimum absolute atomic E-state index is 0.447. The van der Waals surface area contributed by atoms with Gasteiger partial charge in [-0.3, -0.25) is 24.0 Å². The van der Waals surface area contributed by atoms with Crippen LogP contribution in [0.2, 0.25) is 0 Å². The Bertz CT molecular complexity index is 508. The lowest BCUT2D eigenvalue weighted by atomic mass is 10.1. The van der Waals surface area contributed by atoms with E-state index in [-0.39, 0.29) is 0 Å². The summed E-state index contributed by atoms with van der Waals surface area (Å²) in [6, 6.07) is -2.72. The zero-order chi connectivity index (χ0) is 18.9. The van der Waals surface area contributed by atoms with Crippen molar-refractivity contribution in [3.63, 3.8) is 0 Å². The SMILES string of the molecule is CC(O)C(NC(=O)C(N)CC(N)=O)C(=O)NCC(=O)NCC(=O)O. The number of amides is 4. The standard InChI is InChI=1S/C12H21N5O7/c1-5(18)10(17-11(23)6(13)2-7(14)19)12(24)16-3-8(20)15-4-9(21)22/h5-6,10,18H,2-4,13H2,1H3,(H2,14,19)(H,15,20)(H,16,24)(H,17,23)(H,21,22). The highest BCUT2D eigenvalue weighted by Gasteiger charge is 2.28. The molecule has 0 radical (unpaired) electrons. The van der Waals surface area contributed by atoms with Crippen molar-refractivity contribution in [2.45, 2.75) is 31.5 Å². The van der Waals surface area contributed by atoms with E-state index >= 15 is 0 Å². The predicted molar refractivity (Wildman–Crippen MR) is 79.1 cm³/mol. The molecule has 12 heteroatoms. The molecular weight excluding hydrogens is 326 g/mol. The lowest BCUT2D eigenvalue weighted by molar-refractivity contribution is -0.138. The van der Waals surface area contributed by atoms with E-state index in [9.17, 15) is 29.1 Å². The molecule has 0 rings (SSSR count). The van der Waals surface area contributed by atoms with E-state index in [1.807, 2.05) is 5.32 Å². The highest BCUT2D eigenvalue weighted by Crippen LogP contribution is 1.96. The molecule has 3 atom stereocenters. The third-order valence-electron chi connectivity index (χ3n) is 2.68. The van der Waals surface area contributed by atoms with Gasteiger partial charge in [-0.1, -0.05) is 0 Å². The fourth-order valence-corrected chi connectivity index (χ4v) is 1.49. The van der Waals surface area contributed by atoms with E-state index in [1.165, 1.54) is 6.92 Å². The summed E-state index contributed by atoms with van der Waals surface area (Å²) in [6.07, 6.45) is -1.77. The predicted octanol–water partition coefficient (Wildman–Crippen LogP) is -4.63. The smallest absolute Gasteiger partial charge is 0.322 e. The first-order valence-corrected chi connectivity index (χ1v) is 6.83. The lowest BCUT2D eigenvalue weighted by Gasteiger charge is -2.22. The summed E-state index contributed by atoms with van der Waals surface area (Å²) in [5, 5.41) is 24.2. The molecule has 0 aromatic rings. The number of carboxylic acids is 1. The van der Waals surface area contributed by atoms with Crippen LogP contribution >= 0.6 is 0 Å². The van der Waals surface area contributed by atoms with Crippen LogP contribution in [0.5, 0.6) is 0 Å². The maximum Gasteiger partial charge on any atom is 0.322 e. The molecular formula is C12H21N5O7. The number of carboxylic acid groups (broad SMARTS) is 1. The molecule has 0 aliphatic carbocycles. The third kappa shape index (κ3) is 8.65. The molecule has 0 saturated carbocycles. The number of primary amides is 1. The highest BCUT2D eigenvalue weighted by atomic mass is 16.4. The van der Waals surface area contributed by atoms with Gasteiger partial charge in [0.1, 0.15) is 12.6 Å². The number of aliphatic carboxylic acids is 1. The van der Waals surface area contributed by atoms with Crippen molar-refractivity contribution in [1.29, 1.82) is 0 Å². The van der Waals surface area contributed by atoms with Gasteiger partial charge in [0.15, 0.2) is 0 Å². The molecule has 0 aromatic carbocycles. The van der Waals surface area contributed by atoms with Crippen LogP contribution in [0.15, 0.2) is 0 Å². The Balaban J connectivity index is 4.57. The van der Waals surface area contributed by atoms with Gasteiger partial charge in [-0.25, -0.2) is 0 Å². The van der Waals surface area contributed by atoms with Crippen LogP contribution in [0.4, 0.5) is 0 Å². The minimum atomic E-state index is -1.43. The molecule has 0 heterocycles. The van der Waals surface area contributed by atoms with E-state index in [2.05, 4.69) is 10.6 Å². The van der Waals surface area contributed by atoms with E-state index in [4.69, 9.17) is 16.6 Å². The maximum absolute atomic E-state index is 11.9. The van der Waals surface area contributed by atoms with Crippen LogP contribution in [-0.4, -0.2) is 71.1 Å². The molecule has 0 fully saturated rings. The molecule has 0 aromatic heterocycles. The van der Waals surface area contributed by atoms with Crippen LogP contribution in [-0.2, 0) is 24.0 Å². The van der Waals surface area contributed by atoms with Crippen molar-refractivity contribution in [1.82, 2.24) is 16.0 Å². The lowest BCUT2D eigenvalue weighted by Crippen LogP contribution is -2.57. The number of carbonyl (C=O) groups is 5. The zero-order valence-corrected chi connectivity index (χ0v) is 12.9. The van der Waals surface area contributed by atoms with Crippen molar-refractivity contribution >= 4 is 29.6 Å². The summed E-state index contributed by atoms with van der Waals surface area (Å²) in [5.74, 6) is -4.62. The fourth-order valence-electron chi connectivity index (χ4n) is 1.49. The van der Waals surface area contributed by atoms with Crippen molar-refractivity contribution in [3.8, 4) is 0 Å². The minimum Gasteiger partial charge on any atom is -0.480 e. The van der Waals surface area contributed by atoms with Gasteiger partial charge in [-0.2, -0.15) is 0 Å². The van der Waals surface area contributed by atoms with Gasteiger partial charge in [0.2, 0.25) is 23.6 Å². The molecule has 0 bridgehead atoms. The second kappa shape index (κ2) is 10.1. The quantitative estimate of drug-likeness (QED) is 0.203. The van der Waals surface area contributed by atoms with Crippen molar-refractivity contribution in [2.75, 3.05) is 13.1 Å². The topological polar surface area (TPSA) is 214 Å². The Kier molecular flexibility index (Phi) is 8.97. The number of nitrogens with one attached hydrogen (secondary N) is 3. The molecule has 0 saturated heterocycles. The summed E-state index contributed by atoms with van der Waals surface area (Å²) < 4.78 is 0. The number of hydrogen-bond acceptors (Lipinski definition) is 7. The second-order valence-electron chi connectivity index (χ2n) is 4.89. The Morgan fingerprint density at radius 2 is 1.62 bits per heavy atom. The third-order valence-corrected chi connectivity index (χ3v) is 2.68. The van der Waals surface area contributed by atoms with Crippen molar-refractivity contribution in [2.24, 2.45) is 11.5 Å². The van der Waals surface area contributed by atoms with Gasteiger partial charge in [-0.15, -0.1) is 0 Å². The molecule has 9 N–H and O–H groups in total. The number of nitrogens with two attached hydrogens (primary N) is 2. The Morgan fingerprint density at radius 1 is 1.04 bits per heavy atom. The first-order valence-electron chi connectivity index (χ1n) is 6.83. The molecule has 24 heavy (non-hydrogen) atoms. The van der Waals surface area contributed by atoms with Crippen LogP contribution in [0.1, 0.15) is 13.3 Å². The van der Waals surface area contributed by atoms with Gasteiger partial charge >= 0.3 is 5.97 Å². The second-order valence-corrected chi connectivity index (χ2v) is 4.89. The van der Waals surface area contributed by atoms with Crippen LogP contribution in [0.3, 0.4) is 0 Å². The Hall–Kier alpha value is -2.73. The van der Waals surface area contributed by atoms with Gasteiger partial charge in [-0.05, 0) is 6.92 Å². The first kappa shape index (κ1) is 21.3. The Morgan fingerprint density at radius 3 is 2.08 bits per heavy atom. The van der Waals surface area contributed by atoms with Gasteiger partial charge in [0.05, 0.1) is 25.1 Å². The normalized spacial score (nSPS) is 14.0. The molecule has 3 unspecified atom stereocenters. The fraction of sp³-hybridized carbons (Fsp3) is 0.583. The average molecular weight is 347 g/mol. The number of aliphatic hydroxyl groups is 1. The summed E-state index contributed by atoms with van der Waals surface area (Å²) in [6.45, 7) is 0.0421. The number of rotatable bonds is 10. The molecule has 0 aliphatic heterocycles. The van der Waals surface area contributed by atoms with E-state index in [0.717, 1.165) is 0 Å². The van der Waals surface area contributed by atoms with Gasteiger partial charge in [0, 0.05) is 0 Å². The monoisotopic (exact) mass is 347 g/mol. The van der Waals surface area contributed by atoms with Crippen LogP contribution in [0.25, 0.3) is 0 Å². The highest BCUT2D eigenvalue weighted by molar-refractivity contribution is 5.93. The van der Waals surface area contributed by atoms with E-state index in [0.29, 0.717) is 0 Å².